The summed E-state index contributed by atoms with van der Waals surface area (Å²) in [6, 6.07) is 0.459. The van der Waals surface area contributed by atoms with Crippen molar-refractivity contribution in [1.29, 1.82) is 0 Å². The lowest BCUT2D eigenvalue weighted by Gasteiger charge is -2.42. The molecule has 2 N–H and O–H groups in total. The summed E-state index contributed by atoms with van der Waals surface area (Å²) in [5.41, 5.74) is 5.99. The lowest BCUT2D eigenvalue weighted by molar-refractivity contribution is -0.150. The van der Waals surface area contributed by atoms with E-state index in [1.54, 1.807) is 0 Å². The quantitative estimate of drug-likeness (QED) is 0.785. The average Bonchev–Trinajstić information content (AvgIpc) is 2.96. The molecule has 0 radical (unpaired) electrons. The van der Waals surface area contributed by atoms with Gasteiger partial charge in [-0.15, -0.1) is 0 Å². The molecule has 4 atom stereocenters. The zero-order valence-electron chi connectivity index (χ0n) is 13.0. The molecule has 1 saturated heterocycles. The van der Waals surface area contributed by atoms with Crippen LogP contribution in [0.5, 0.6) is 0 Å². The molecule has 4 nitrogen and oxygen atoms in total. The van der Waals surface area contributed by atoms with Gasteiger partial charge in [0.25, 0.3) is 0 Å². The summed E-state index contributed by atoms with van der Waals surface area (Å²) in [5, 5.41) is 0. The molecule has 0 amide bonds. The molecule has 0 aromatic rings. The summed E-state index contributed by atoms with van der Waals surface area (Å²) < 4.78 is 5.26. The number of rotatable bonds is 5. The van der Waals surface area contributed by atoms with E-state index in [0.717, 1.165) is 31.8 Å². The molecule has 2 fully saturated rings. The van der Waals surface area contributed by atoms with E-state index in [9.17, 15) is 4.79 Å². The van der Waals surface area contributed by atoms with Gasteiger partial charge in [0.1, 0.15) is 6.04 Å². The Morgan fingerprint density at radius 3 is 2.75 bits per heavy atom. The Morgan fingerprint density at radius 1 is 1.30 bits per heavy atom. The van der Waals surface area contributed by atoms with E-state index in [4.69, 9.17) is 10.5 Å². The van der Waals surface area contributed by atoms with Crippen molar-refractivity contribution >= 4 is 5.97 Å². The number of nitrogens with zero attached hydrogens (tertiary/aromatic N) is 1. The van der Waals surface area contributed by atoms with Crippen molar-refractivity contribution in [3.63, 3.8) is 0 Å². The molecule has 2 aliphatic rings. The van der Waals surface area contributed by atoms with Gasteiger partial charge in [0.05, 0.1) is 6.61 Å². The number of likely N-dealkylation sites (tertiary alicyclic amines) is 1. The van der Waals surface area contributed by atoms with Gasteiger partial charge in [0, 0.05) is 6.04 Å². The maximum Gasteiger partial charge on any atom is 0.323 e. The average molecular weight is 282 g/mol. The zero-order valence-corrected chi connectivity index (χ0v) is 13.0. The summed E-state index contributed by atoms with van der Waals surface area (Å²) in [7, 11) is 0. The van der Waals surface area contributed by atoms with Crippen molar-refractivity contribution in [1.82, 2.24) is 4.90 Å². The highest BCUT2D eigenvalue weighted by atomic mass is 16.5. The van der Waals surface area contributed by atoms with Gasteiger partial charge in [0.15, 0.2) is 0 Å². The minimum Gasteiger partial charge on any atom is -0.465 e. The van der Waals surface area contributed by atoms with Crippen LogP contribution in [0.4, 0.5) is 0 Å². The number of carbonyl (C=O) groups excluding carboxylic acids is 1. The van der Waals surface area contributed by atoms with E-state index in [1.807, 2.05) is 6.92 Å². The number of hydrogen-bond acceptors (Lipinski definition) is 4. The first kappa shape index (κ1) is 15.8. The summed E-state index contributed by atoms with van der Waals surface area (Å²) in [6.45, 7) is 6.41. The monoisotopic (exact) mass is 282 g/mol. The molecular weight excluding hydrogens is 252 g/mol. The van der Waals surface area contributed by atoms with Gasteiger partial charge in [-0.2, -0.15) is 0 Å². The fourth-order valence-corrected chi connectivity index (χ4v) is 4.02. The van der Waals surface area contributed by atoms with Crippen LogP contribution in [-0.2, 0) is 9.53 Å². The van der Waals surface area contributed by atoms with Crippen LogP contribution in [0.2, 0.25) is 0 Å². The Bertz CT molecular complexity index is 322. The Labute approximate surface area is 123 Å². The van der Waals surface area contributed by atoms with Crippen LogP contribution < -0.4 is 5.73 Å². The molecule has 1 saturated carbocycles. The van der Waals surface area contributed by atoms with Gasteiger partial charge in [0.2, 0.25) is 0 Å². The summed E-state index contributed by atoms with van der Waals surface area (Å²) in [5.74, 6) is 1.32. The molecule has 116 valence electrons. The first-order valence-electron chi connectivity index (χ1n) is 8.33. The highest BCUT2D eigenvalue weighted by Gasteiger charge is 2.41. The Balaban J connectivity index is 2.07. The van der Waals surface area contributed by atoms with Crippen LogP contribution >= 0.6 is 0 Å². The lowest BCUT2D eigenvalue weighted by Crippen LogP contribution is -2.51. The van der Waals surface area contributed by atoms with Crippen molar-refractivity contribution in [3.05, 3.63) is 0 Å². The van der Waals surface area contributed by atoms with Crippen molar-refractivity contribution < 1.29 is 9.53 Å². The molecule has 0 aromatic heterocycles. The Morgan fingerprint density at radius 2 is 2.10 bits per heavy atom. The standard InChI is InChI=1S/C16H30N2O2/c1-3-12-7-8-13(11-17)15(10-12)18-9-5-6-14(18)16(19)20-4-2/h12-15H,3-11,17H2,1-2H3. The van der Waals surface area contributed by atoms with Crippen molar-refractivity contribution in [2.45, 2.75) is 64.5 Å². The minimum atomic E-state index is -0.0283. The third-order valence-corrected chi connectivity index (χ3v) is 5.22. The molecule has 0 aromatic carbocycles. The van der Waals surface area contributed by atoms with E-state index in [1.165, 1.54) is 25.7 Å². The van der Waals surface area contributed by atoms with Crippen LogP contribution in [0.25, 0.3) is 0 Å². The fourth-order valence-electron chi connectivity index (χ4n) is 4.02. The smallest absolute Gasteiger partial charge is 0.323 e. The number of ether oxygens (including phenoxy) is 1. The molecule has 0 spiro atoms. The van der Waals surface area contributed by atoms with E-state index >= 15 is 0 Å². The summed E-state index contributed by atoms with van der Waals surface area (Å²) >= 11 is 0. The first-order chi connectivity index (χ1) is 9.71. The molecule has 20 heavy (non-hydrogen) atoms. The summed E-state index contributed by atoms with van der Waals surface area (Å²) in [4.78, 5) is 14.6. The minimum absolute atomic E-state index is 0.0235. The highest BCUT2D eigenvalue weighted by Crippen LogP contribution is 2.37. The van der Waals surface area contributed by atoms with Crippen LogP contribution in [0.15, 0.2) is 0 Å². The van der Waals surface area contributed by atoms with Crippen LogP contribution in [0.3, 0.4) is 0 Å². The van der Waals surface area contributed by atoms with Gasteiger partial charge < -0.3 is 10.5 Å². The van der Waals surface area contributed by atoms with Gasteiger partial charge in [-0.25, -0.2) is 0 Å². The molecule has 1 aliphatic heterocycles. The van der Waals surface area contributed by atoms with Crippen LogP contribution in [-0.4, -0.2) is 42.6 Å². The van der Waals surface area contributed by atoms with Crippen LogP contribution in [0, 0.1) is 11.8 Å². The largest absolute Gasteiger partial charge is 0.465 e. The maximum absolute atomic E-state index is 12.1. The molecule has 0 bridgehead atoms. The topological polar surface area (TPSA) is 55.6 Å². The number of carbonyl (C=O) groups is 1. The van der Waals surface area contributed by atoms with Crippen molar-refractivity contribution in [3.8, 4) is 0 Å². The van der Waals surface area contributed by atoms with Crippen molar-refractivity contribution in [2.75, 3.05) is 19.7 Å². The molecule has 2 rings (SSSR count). The second kappa shape index (κ2) is 7.41. The third kappa shape index (κ3) is 3.34. The Kier molecular flexibility index (Phi) is 5.85. The van der Waals surface area contributed by atoms with Crippen molar-refractivity contribution in [2.24, 2.45) is 17.6 Å². The van der Waals surface area contributed by atoms with Gasteiger partial charge in [-0.3, -0.25) is 9.69 Å². The fraction of sp³-hybridized carbons (Fsp3) is 0.938. The summed E-state index contributed by atoms with van der Waals surface area (Å²) in [6.07, 6.45) is 7.01. The Hall–Kier alpha value is -0.610. The first-order valence-corrected chi connectivity index (χ1v) is 8.33. The van der Waals surface area contributed by atoms with Crippen LogP contribution in [0.1, 0.15) is 52.4 Å². The van der Waals surface area contributed by atoms with E-state index in [2.05, 4.69) is 11.8 Å². The molecule has 1 aliphatic carbocycles. The maximum atomic E-state index is 12.1. The second-order valence-corrected chi connectivity index (χ2v) is 6.30. The molecule has 4 unspecified atom stereocenters. The molecule has 1 heterocycles. The van der Waals surface area contributed by atoms with E-state index in [0.29, 0.717) is 18.6 Å². The molecule has 4 heteroatoms. The lowest BCUT2D eigenvalue weighted by atomic mass is 9.76. The van der Waals surface area contributed by atoms with E-state index in [-0.39, 0.29) is 12.0 Å². The number of esters is 1. The van der Waals surface area contributed by atoms with Gasteiger partial charge in [-0.05, 0) is 57.5 Å². The van der Waals surface area contributed by atoms with E-state index < -0.39 is 0 Å². The number of hydrogen-bond donors (Lipinski definition) is 1. The second-order valence-electron chi connectivity index (χ2n) is 6.30. The van der Waals surface area contributed by atoms with Gasteiger partial charge in [-0.1, -0.05) is 19.8 Å². The third-order valence-electron chi connectivity index (χ3n) is 5.22. The predicted octanol–water partition coefficient (Wildman–Crippen LogP) is 2.17. The van der Waals surface area contributed by atoms with Gasteiger partial charge >= 0.3 is 5.97 Å². The predicted molar refractivity (Wildman–Crippen MR) is 80.3 cm³/mol. The SMILES string of the molecule is CCOC(=O)C1CCCN1C1CC(CC)CCC1CN. The molecular formula is C16H30N2O2. The normalized spacial score (nSPS) is 35.1. The number of nitrogens with two attached hydrogens (primary N) is 1. The highest BCUT2D eigenvalue weighted by molar-refractivity contribution is 5.76. The zero-order chi connectivity index (χ0) is 14.5.